The molecule has 6 nitrogen and oxygen atoms in total. The zero-order valence-corrected chi connectivity index (χ0v) is 10.1. The van der Waals surface area contributed by atoms with Crippen molar-refractivity contribution in [3.8, 4) is 0 Å². The van der Waals surface area contributed by atoms with Gasteiger partial charge in [-0.15, -0.1) is 0 Å². The van der Waals surface area contributed by atoms with Gasteiger partial charge in [0.25, 0.3) is 0 Å². The number of nitrogens with zero attached hydrogens (tertiary/aromatic N) is 6. The van der Waals surface area contributed by atoms with Crippen molar-refractivity contribution in [1.29, 1.82) is 0 Å². The Morgan fingerprint density at radius 1 is 1.11 bits per heavy atom. The van der Waals surface area contributed by atoms with Crippen molar-refractivity contribution in [2.45, 2.75) is 7.43 Å². The maximum absolute atomic E-state index is 7.54. The molecule has 0 aliphatic carbocycles. The Kier molecular flexibility index (Phi) is 27.9. The quantitative estimate of drug-likeness (QED) is 0.301. The van der Waals surface area contributed by atoms with Crippen molar-refractivity contribution in [2.75, 3.05) is 0 Å². The molecule has 0 aromatic heterocycles. The summed E-state index contributed by atoms with van der Waals surface area (Å²) in [6.45, 7) is 0. The molecule has 9 heavy (non-hydrogen) atoms. The monoisotopic (exact) mass is 373 g/mol. The van der Waals surface area contributed by atoms with Gasteiger partial charge in [0.1, 0.15) is 0 Å². The molecule has 0 aromatic rings. The third-order valence-corrected chi connectivity index (χ3v) is 0.445. The Balaban J connectivity index is -0.000000180. The summed E-state index contributed by atoms with van der Waals surface area (Å²) in [4.78, 5) is 4.58. The van der Waals surface area contributed by atoms with Gasteiger partial charge in [-0.2, -0.15) is 0 Å². The zero-order chi connectivity index (χ0) is 5.54. The van der Waals surface area contributed by atoms with Crippen molar-refractivity contribution < 1.29 is 15.4 Å². The molecule has 0 unspecified atom stereocenters. The minimum atomic E-state index is 0. The van der Waals surface area contributed by atoms with Crippen LogP contribution in [0, 0.1) is 0 Å². The summed E-state index contributed by atoms with van der Waals surface area (Å²) in [5, 5.41) is 0. The summed E-state index contributed by atoms with van der Waals surface area (Å²) in [6, 6.07) is 0. The summed E-state index contributed by atoms with van der Waals surface area (Å²) < 4.78 is 5.66. The van der Waals surface area contributed by atoms with E-state index < -0.39 is 0 Å². The van der Waals surface area contributed by atoms with E-state index in [0.29, 0.717) is 15.4 Å². The molecule has 0 spiro atoms. The molecule has 0 aliphatic rings. The van der Waals surface area contributed by atoms with E-state index in [1.54, 1.807) is 0 Å². The molecule has 0 aliphatic heterocycles. The van der Waals surface area contributed by atoms with Crippen LogP contribution in [0.1, 0.15) is 7.43 Å². The molecule has 0 atom stereocenters. The Hall–Kier alpha value is 0.0616. The molecule has 0 aromatic carbocycles. The van der Waals surface area contributed by atoms with Gasteiger partial charge < -0.3 is 0 Å². The van der Waals surface area contributed by atoms with Gasteiger partial charge in [0.05, 0.1) is 0 Å². The fourth-order valence-corrected chi connectivity index (χ4v) is 0.149. The van der Waals surface area contributed by atoms with Crippen molar-refractivity contribution in [3.05, 3.63) is 20.9 Å². The predicted molar refractivity (Wildman–Crippen MR) is 33.6 cm³/mol. The number of hydrogen-bond acceptors (Lipinski definition) is 2. The van der Waals surface area contributed by atoms with Crippen LogP contribution < -0.4 is 0 Å². The topological polar surface area (TPSA) is 97.5 Å². The van der Waals surface area contributed by atoms with E-state index in [-0.39, 0.29) is 34.7 Å². The van der Waals surface area contributed by atoms with E-state index in [1.807, 2.05) is 0 Å². The van der Waals surface area contributed by atoms with Gasteiger partial charge in [0.15, 0.2) is 0 Å². The first-order valence-electron chi connectivity index (χ1n) is 1.07. The van der Waals surface area contributed by atoms with Gasteiger partial charge >= 0.3 is 71.8 Å². The standard InChI is InChI=1S/CH4.Cu.2N3.Pb.2H/c;;2*1-3-2;;;/h1H4;;;;;;/q;+2;2*-1;;;. The van der Waals surface area contributed by atoms with Crippen molar-refractivity contribution in [3.63, 3.8) is 0 Å². The predicted octanol–water partition coefficient (Wildman–Crippen LogP) is 1.24. The Labute approximate surface area is 79.0 Å². The van der Waals surface area contributed by atoms with E-state index in [2.05, 4.69) is 18.1 Å². The second-order valence-corrected chi connectivity index (χ2v) is 0.925. The molecule has 0 fully saturated rings. The first kappa shape index (κ1) is 16.0. The Morgan fingerprint density at radius 3 is 1.67 bits per heavy atom. The summed E-state index contributed by atoms with van der Waals surface area (Å²) in [7, 11) is 0. The summed E-state index contributed by atoms with van der Waals surface area (Å²) >= 11 is 0.547. The van der Waals surface area contributed by atoms with Gasteiger partial charge in [0.2, 0.25) is 0 Å². The van der Waals surface area contributed by atoms with E-state index in [4.69, 9.17) is 11.1 Å². The van der Waals surface area contributed by atoms with Crippen LogP contribution in [0.4, 0.5) is 0 Å². The van der Waals surface area contributed by atoms with Crippen LogP contribution in [0.25, 0.3) is 20.9 Å². The van der Waals surface area contributed by atoms with Gasteiger partial charge in [-0.1, -0.05) is 7.43 Å². The van der Waals surface area contributed by atoms with Crippen molar-refractivity contribution in [1.82, 2.24) is 0 Å². The fourth-order valence-electron chi connectivity index (χ4n) is 0.0362. The minimum absolute atomic E-state index is 0. The van der Waals surface area contributed by atoms with Gasteiger partial charge in [-0.25, -0.2) is 0 Å². The molecule has 2 radical (unpaired) electrons. The van der Waals surface area contributed by atoms with Crippen LogP contribution in [0.2, 0.25) is 0 Å². The average molecular weight is 373 g/mol. The molecule has 0 N–H and O–H groups in total. The molecule has 0 rings (SSSR count). The number of hydrogen-bond donors (Lipinski definition) is 0. The molecular weight excluding hydrogens is 367 g/mol. The molecule has 0 bridgehead atoms. The van der Waals surface area contributed by atoms with E-state index >= 15 is 0 Å². The maximum atomic E-state index is 7.54. The van der Waals surface area contributed by atoms with E-state index in [1.165, 1.54) is 0 Å². The third-order valence-electron chi connectivity index (χ3n) is 0.108. The van der Waals surface area contributed by atoms with Crippen LogP contribution >= 0.6 is 0 Å². The number of azide groups is 1. The van der Waals surface area contributed by atoms with Crippen molar-refractivity contribution >= 4 is 27.3 Å². The first-order chi connectivity index (χ1) is 3.41. The molecule has 0 amide bonds. The summed E-state index contributed by atoms with van der Waals surface area (Å²) in [5.74, 6) is 0. The molecule has 55 valence electrons. The van der Waals surface area contributed by atoms with Crippen LogP contribution in [0.5, 0.6) is 0 Å². The second kappa shape index (κ2) is 15.7. The average Bonchev–Trinajstić information content (AvgIpc) is 1.69. The Bertz CT molecular complexity index is 116. The van der Waals surface area contributed by atoms with Crippen LogP contribution in [0.15, 0.2) is 8.26 Å². The van der Waals surface area contributed by atoms with Crippen molar-refractivity contribution in [2.24, 2.45) is 8.26 Å². The van der Waals surface area contributed by atoms with Crippen LogP contribution in [0.3, 0.4) is 0 Å². The summed E-state index contributed by atoms with van der Waals surface area (Å²) in [5.41, 5.74) is 15.1. The van der Waals surface area contributed by atoms with Gasteiger partial charge in [-0.3, -0.25) is 0 Å². The fraction of sp³-hybridized carbons (Fsp3) is 1.00. The van der Waals surface area contributed by atoms with Crippen LogP contribution in [-0.4, -0.2) is 27.3 Å². The zero-order valence-electron chi connectivity index (χ0n) is 3.69. The van der Waals surface area contributed by atoms with E-state index in [9.17, 15) is 0 Å². The van der Waals surface area contributed by atoms with E-state index in [0.717, 1.165) is 0 Å². The second-order valence-electron chi connectivity index (χ2n) is 0.360. The van der Waals surface area contributed by atoms with Crippen LogP contribution in [-0.2, 0) is 15.4 Å². The SMILES string of the molecule is C.[N-]=[N+]=[N][Cu][N]=[N+]=[N-].[PbH2]. The molecular formula is CH6CuN6Pb. The first-order valence-corrected chi connectivity index (χ1v) is 1.91. The van der Waals surface area contributed by atoms with Gasteiger partial charge in [-0.05, 0) is 0 Å². The summed E-state index contributed by atoms with van der Waals surface area (Å²) in [6.07, 6.45) is 0. The molecule has 0 saturated carbocycles. The van der Waals surface area contributed by atoms with Gasteiger partial charge in [0, 0.05) is 0 Å². The molecule has 0 heterocycles. The number of rotatable bonds is 2. The molecule has 0 saturated heterocycles. The third kappa shape index (κ3) is 18.0. The molecule has 8 heteroatoms. The Morgan fingerprint density at radius 2 is 1.44 bits per heavy atom. The normalized spacial score (nSPS) is 4.89.